The zero-order chi connectivity index (χ0) is 20.6. The highest BCUT2D eigenvalue weighted by Gasteiger charge is 2.27. The number of carbonyl (C=O) groups is 2. The summed E-state index contributed by atoms with van der Waals surface area (Å²) in [5.41, 5.74) is 1.59. The third-order valence-corrected chi connectivity index (χ3v) is 5.15. The second-order valence-electron chi connectivity index (χ2n) is 7.41. The number of nitrogens with zero attached hydrogens (tertiary/aromatic N) is 3. The molecule has 0 unspecified atom stereocenters. The summed E-state index contributed by atoms with van der Waals surface area (Å²) in [6, 6.07) is 7.26. The number of rotatable bonds is 7. The standard InChI is InChI=1S/C21H29N5O3/c1-3-4-11-22-19(27)17-7-5-16(6-8-17)14-23-21(28)26-12-9-18(10-13-26)20-24-15(2)25-29-20/h5-8,18H,3-4,9-14H2,1-2H3,(H,22,27)(H,23,28). The van der Waals surface area contributed by atoms with Crippen LogP contribution in [0, 0.1) is 6.92 Å². The van der Waals surface area contributed by atoms with Crippen molar-refractivity contribution in [1.29, 1.82) is 0 Å². The lowest BCUT2D eigenvalue weighted by molar-refractivity contribution is 0.0953. The normalized spacial score (nSPS) is 14.6. The maximum Gasteiger partial charge on any atom is 0.317 e. The molecule has 3 rings (SSSR count). The van der Waals surface area contributed by atoms with Crippen molar-refractivity contribution in [2.75, 3.05) is 19.6 Å². The van der Waals surface area contributed by atoms with Gasteiger partial charge in [-0.3, -0.25) is 4.79 Å². The van der Waals surface area contributed by atoms with Crippen molar-refractivity contribution in [2.45, 2.75) is 52.0 Å². The summed E-state index contributed by atoms with van der Waals surface area (Å²) < 4.78 is 5.25. The van der Waals surface area contributed by atoms with Crippen molar-refractivity contribution in [3.8, 4) is 0 Å². The van der Waals surface area contributed by atoms with Gasteiger partial charge in [-0.25, -0.2) is 4.79 Å². The van der Waals surface area contributed by atoms with E-state index in [1.807, 2.05) is 17.0 Å². The van der Waals surface area contributed by atoms with Crippen LogP contribution >= 0.6 is 0 Å². The zero-order valence-corrected chi connectivity index (χ0v) is 17.1. The Morgan fingerprint density at radius 3 is 2.52 bits per heavy atom. The number of aromatic nitrogens is 2. The quantitative estimate of drug-likeness (QED) is 0.697. The molecule has 2 aromatic rings. The van der Waals surface area contributed by atoms with Crippen molar-refractivity contribution in [1.82, 2.24) is 25.7 Å². The summed E-state index contributed by atoms with van der Waals surface area (Å²) in [5.74, 6) is 1.47. The Hall–Kier alpha value is -2.90. The summed E-state index contributed by atoms with van der Waals surface area (Å²) in [5, 5.41) is 9.69. The van der Waals surface area contributed by atoms with E-state index in [-0.39, 0.29) is 17.9 Å². The molecule has 1 fully saturated rings. The molecule has 0 atom stereocenters. The van der Waals surface area contributed by atoms with E-state index in [9.17, 15) is 9.59 Å². The SMILES string of the molecule is CCCCNC(=O)c1ccc(CNC(=O)N2CCC(c3nc(C)no3)CC2)cc1. The average Bonchev–Trinajstić information content (AvgIpc) is 3.19. The zero-order valence-electron chi connectivity index (χ0n) is 17.1. The van der Waals surface area contributed by atoms with Gasteiger partial charge in [-0.15, -0.1) is 0 Å². The number of hydrogen-bond donors (Lipinski definition) is 2. The number of carbonyl (C=O) groups excluding carboxylic acids is 2. The lowest BCUT2D eigenvalue weighted by Crippen LogP contribution is -2.43. The van der Waals surface area contributed by atoms with E-state index >= 15 is 0 Å². The number of nitrogens with one attached hydrogen (secondary N) is 2. The van der Waals surface area contributed by atoms with Crippen LogP contribution in [0.1, 0.15) is 66.2 Å². The largest absolute Gasteiger partial charge is 0.352 e. The highest BCUT2D eigenvalue weighted by atomic mass is 16.5. The number of aryl methyl sites for hydroxylation is 1. The van der Waals surface area contributed by atoms with Gasteiger partial charge in [0.1, 0.15) is 0 Å². The molecule has 0 radical (unpaired) electrons. The third kappa shape index (κ3) is 5.79. The molecule has 1 aliphatic heterocycles. The topological polar surface area (TPSA) is 100 Å². The van der Waals surface area contributed by atoms with E-state index in [0.29, 0.717) is 43.5 Å². The molecule has 1 aromatic carbocycles. The Bertz CT molecular complexity index is 810. The Morgan fingerprint density at radius 1 is 1.17 bits per heavy atom. The highest BCUT2D eigenvalue weighted by molar-refractivity contribution is 5.94. The monoisotopic (exact) mass is 399 g/mol. The molecule has 8 nitrogen and oxygen atoms in total. The average molecular weight is 399 g/mol. The molecule has 1 saturated heterocycles. The molecule has 0 bridgehead atoms. The molecular weight excluding hydrogens is 370 g/mol. The fourth-order valence-corrected chi connectivity index (χ4v) is 3.35. The number of benzene rings is 1. The Kier molecular flexibility index (Phi) is 7.21. The molecule has 1 aliphatic rings. The number of hydrogen-bond acceptors (Lipinski definition) is 5. The second-order valence-corrected chi connectivity index (χ2v) is 7.41. The summed E-state index contributed by atoms with van der Waals surface area (Å²) >= 11 is 0. The van der Waals surface area contributed by atoms with E-state index in [0.717, 1.165) is 31.2 Å². The first kappa shape index (κ1) is 20.8. The van der Waals surface area contributed by atoms with Crippen LogP contribution < -0.4 is 10.6 Å². The summed E-state index contributed by atoms with van der Waals surface area (Å²) in [7, 11) is 0. The molecule has 2 heterocycles. The molecule has 0 saturated carbocycles. The lowest BCUT2D eigenvalue weighted by Gasteiger charge is -2.30. The predicted octanol–water partition coefficient (Wildman–Crippen LogP) is 3.00. The van der Waals surface area contributed by atoms with E-state index in [1.54, 1.807) is 19.1 Å². The van der Waals surface area contributed by atoms with Crippen LogP contribution in [0.3, 0.4) is 0 Å². The minimum Gasteiger partial charge on any atom is -0.352 e. The van der Waals surface area contributed by atoms with Crippen molar-refractivity contribution in [2.24, 2.45) is 0 Å². The van der Waals surface area contributed by atoms with Crippen LogP contribution in [0.25, 0.3) is 0 Å². The number of piperidine rings is 1. The Morgan fingerprint density at radius 2 is 1.90 bits per heavy atom. The van der Waals surface area contributed by atoms with Gasteiger partial charge >= 0.3 is 6.03 Å². The van der Waals surface area contributed by atoms with E-state index in [4.69, 9.17) is 4.52 Å². The summed E-state index contributed by atoms with van der Waals surface area (Å²) in [6.45, 7) is 6.34. The fraction of sp³-hybridized carbons (Fsp3) is 0.524. The van der Waals surface area contributed by atoms with Crippen LogP contribution in [-0.2, 0) is 6.54 Å². The predicted molar refractivity (Wildman–Crippen MR) is 109 cm³/mol. The maximum atomic E-state index is 12.4. The first-order chi connectivity index (χ1) is 14.1. The Balaban J connectivity index is 1.42. The number of urea groups is 1. The molecule has 2 N–H and O–H groups in total. The van der Waals surface area contributed by atoms with Gasteiger partial charge in [0.2, 0.25) is 5.89 Å². The number of likely N-dealkylation sites (tertiary alicyclic amines) is 1. The molecule has 0 aliphatic carbocycles. The van der Waals surface area contributed by atoms with Crippen molar-refractivity contribution >= 4 is 11.9 Å². The van der Waals surface area contributed by atoms with Gasteiger partial charge in [0, 0.05) is 37.7 Å². The molecule has 29 heavy (non-hydrogen) atoms. The van der Waals surface area contributed by atoms with Crippen LogP contribution in [-0.4, -0.2) is 46.6 Å². The minimum atomic E-state index is -0.0773. The van der Waals surface area contributed by atoms with Gasteiger partial charge in [0.25, 0.3) is 5.91 Å². The fourth-order valence-electron chi connectivity index (χ4n) is 3.35. The molecule has 8 heteroatoms. The van der Waals surface area contributed by atoms with Gasteiger partial charge in [0.15, 0.2) is 5.82 Å². The second kappa shape index (κ2) is 10.0. The van der Waals surface area contributed by atoms with Crippen LogP contribution in [0.15, 0.2) is 28.8 Å². The van der Waals surface area contributed by atoms with Crippen LogP contribution in [0.5, 0.6) is 0 Å². The van der Waals surface area contributed by atoms with Gasteiger partial charge in [0.05, 0.1) is 0 Å². The van der Waals surface area contributed by atoms with Crippen molar-refractivity contribution in [3.05, 3.63) is 47.1 Å². The van der Waals surface area contributed by atoms with E-state index in [1.165, 1.54) is 0 Å². The minimum absolute atomic E-state index is 0.0617. The van der Waals surface area contributed by atoms with Gasteiger partial charge in [-0.2, -0.15) is 4.98 Å². The smallest absolute Gasteiger partial charge is 0.317 e. The number of unbranched alkanes of at least 4 members (excludes halogenated alkanes) is 1. The van der Waals surface area contributed by atoms with Crippen molar-refractivity contribution in [3.63, 3.8) is 0 Å². The Labute approximate surface area is 171 Å². The summed E-state index contributed by atoms with van der Waals surface area (Å²) in [4.78, 5) is 30.6. The van der Waals surface area contributed by atoms with Gasteiger partial charge in [-0.05, 0) is 43.9 Å². The molecule has 156 valence electrons. The van der Waals surface area contributed by atoms with Gasteiger partial charge < -0.3 is 20.1 Å². The van der Waals surface area contributed by atoms with Crippen LogP contribution in [0.4, 0.5) is 4.79 Å². The first-order valence-electron chi connectivity index (χ1n) is 10.3. The van der Waals surface area contributed by atoms with Gasteiger partial charge in [-0.1, -0.05) is 30.6 Å². The number of amides is 3. The lowest BCUT2D eigenvalue weighted by atomic mass is 9.97. The molecular formula is C21H29N5O3. The highest BCUT2D eigenvalue weighted by Crippen LogP contribution is 2.26. The van der Waals surface area contributed by atoms with E-state index in [2.05, 4.69) is 27.7 Å². The third-order valence-electron chi connectivity index (χ3n) is 5.15. The molecule has 3 amide bonds. The first-order valence-corrected chi connectivity index (χ1v) is 10.3. The molecule has 0 spiro atoms. The van der Waals surface area contributed by atoms with E-state index < -0.39 is 0 Å². The van der Waals surface area contributed by atoms with Crippen molar-refractivity contribution < 1.29 is 14.1 Å². The van der Waals surface area contributed by atoms with Crippen LogP contribution in [0.2, 0.25) is 0 Å². The maximum absolute atomic E-state index is 12.4. The summed E-state index contributed by atoms with van der Waals surface area (Å²) in [6.07, 6.45) is 3.66. The molecule has 1 aromatic heterocycles.